The van der Waals surface area contributed by atoms with E-state index in [0.29, 0.717) is 41.1 Å². The highest BCUT2D eigenvalue weighted by Crippen LogP contribution is 2.28. The fourth-order valence-corrected chi connectivity index (χ4v) is 3.30. The standard InChI is InChI=1S/C21H19FN4O3/c1-2-29-21(28)13-5-3-12(4-6-13)10-26-11-17(27)18(19(26)23)20-24-15-8-7-14(22)9-16(15)25-20/h3-9,23,27H,2,10-11H2,1H3,(H,24,25). The van der Waals surface area contributed by atoms with Crippen LogP contribution < -0.4 is 0 Å². The third-order valence-electron chi connectivity index (χ3n) is 4.70. The zero-order chi connectivity index (χ0) is 20.5. The van der Waals surface area contributed by atoms with Crippen molar-refractivity contribution in [2.24, 2.45) is 0 Å². The van der Waals surface area contributed by atoms with Crippen LogP contribution in [0.25, 0.3) is 16.6 Å². The zero-order valence-corrected chi connectivity index (χ0v) is 15.7. The maximum Gasteiger partial charge on any atom is 0.338 e. The molecule has 3 N–H and O–H groups in total. The molecule has 4 rings (SSSR count). The molecular weight excluding hydrogens is 375 g/mol. The number of aromatic amines is 1. The predicted octanol–water partition coefficient (Wildman–Crippen LogP) is 3.64. The third kappa shape index (κ3) is 3.56. The number of ether oxygens (including phenoxy) is 1. The molecule has 0 spiro atoms. The summed E-state index contributed by atoms with van der Waals surface area (Å²) in [7, 11) is 0. The quantitative estimate of drug-likeness (QED) is 0.574. The van der Waals surface area contributed by atoms with Crippen molar-refractivity contribution in [2.45, 2.75) is 13.5 Å². The van der Waals surface area contributed by atoms with E-state index in [1.54, 1.807) is 42.2 Å². The normalized spacial score (nSPS) is 14.1. The van der Waals surface area contributed by atoms with Crippen molar-refractivity contribution in [1.29, 1.82) is 5.41 Å². The van der Waals surface area contributed by atoms with Gasteiger partial charge in [0, 0.05) is 6.54 Å². The Labute approximate surface area is 166 Å². The topological polar surface area (TPSA) is 102 Å². The Bertz CT molecular complexity index is 1130. The summed E-state index contributed by atoms with van der Waals surface area (Å²) in [4.78, 5) is 20.8. The number of aliphatic hydroxyl groups excluding tert-OH is 1. The second-order valence-corrected chi connectivity index (χ2v) is 6.69. The number of esters is 1. The number of H-pyrrole nitrogens is 1. The molecule has 0 unspecified atom stereocenters. The summed E-state index contributed by atoms with van der Waals surface area (Å²) < 4.78 is 18.4. The van der Waals surface area contributed by atoms with Gasteiger partial charge in [0.1, 0.15) is 23.2 Å². The highest BCUT2D eigenvalue weighted by molar-refractivity contribution is 6.23. The monoisotopic (exact) mass is 394 g/mol. The lowest BCUT2D eigenvalue weighted by Crippen LogP contribution is -2.26. The van der Waals surface area contributed by atoms with Crippen molar-refractivity contribution in [3.63, 3.8) is 0 Å². The van der Waals surface area contributed by atoms with Crippen molar-refractivity contribution in [2.75, 3.05) is 13.2 Å². The molecule has 29 heavy (non-hydrogen) atoms. The van der Waals surface area contributed by atoms with Crippen molar-refractivity contribution >= 4 is 28.4 Å². The van der Waals surface area contributed by atoms with Crippen LogP contribution in [0.4, 0.5) is 4.39 Å². The second-order valence-electron chi connectivity index (χ2n) is 6.69. The predicted molar refractivity (Wildman–Crippen MR) is 106 cm³/mol. The van der Waals surface area contributed by atoms with E-state index in [1.165, 1.54) is 12.1 Å². The summed E-state index contributed by atoms with van der Waals surface area (Å²) in [6.07, 6.45) is 0. The van der Waals surface area contributed by atoms with Gasteiger partial charge in [0.15, 0.2) is 0 Å². The Morgan fingerprint density at radius 1 is 1.31 bits per heavy atom. The van der Waals surface area contributed by atoms with Crippen LogP contribution in [0.3, 0.4) is 0 Å². The SMILES string of the molecule is CCOC(=O)c1ccc(CN2CC(O)=C(c3nc4ccc(F)cc4[nH]3)C2=N)cc1. The van der Waals surface area contributed by atoms with E-state index in [9.17, 15) is 14.3 Å². The number of carbonyl (C=O) groups is 1. The molecule has 0 amide bonds. The molecule has 3 aromatic rings. The summed E-state index contributed by atoms with van der Waals surface area (Å²) >= 11 is 0. The molecule has 2 heterocycles. The van der Waals surface area contributed by atoms with E-state index < -0.39 is 0 Å². The molecule has 0 saturated carbocycles. The number of hydrogen-bond donors (Lipinski definition) is 3. The van der Waals surface area contributed by atoms with Crippen molar-refractivity contribution < 1.29 is 19.0 Å². The molecule has 1 aliphatic rings. The van der Waals surface area contributed by atoms with Crippen LogP contribution in [-0.2, 0) is 11.3 Å². The number of aromatic nitrogens is 2. The van der Waals surface area contributed by atoms with E-state index >= 15 is 0 Å². The molecule has 0 fully saturated rings. The molecule has 8 heteroatoms. The van der Waals surface area contributed by atoms with Crippen LogP contribution in [0.2, 0.25) is 0 Å². The number of amidine groups is 1. The van der Waals surface area contributed by atoms with E-state index in [4.69, 9.17) is 10.1 Å². The van der Waals surface area contributed by atoms with Gasteiger partial charge in [0.05, 0.1) is 35.3 Å². The molecule has 2 aromatic carbocycles. The minimum Gasteiger partial charge on any atom is -0.510 e. The smallest absolute Gasteiger partial charge is 0.338 e. The molecule has 1 aromatic heterocycles. The van der Waals surface area contributed by atoms with Crippen LogP contribution in [0.15, 0.2) is 48.2 Å². The van der Waals surface area contributed by atoms with Gasteiger partial charge in [-0.05, 0) is 42.8 Å². The van der Waals surface area contributed by atoms with Gasteiger partial charge in [-0.3, -0.25) is 5.41 Å². The lowest BCUT2D eigenvalue weighted by atomic mass is 10.1. The highest BCUT2D eigenvalue weighted by atomic mass is 19.1. The molecular formula is C21H19FN4O3. The summed E-state index contributed by atoms with van der Waals surface area (Å²) in [5.41, 5.74) is 2.69. The average Bonchev–Trinajstić information content (AvgIpc) is 3.22. The molecule has 7 nitrogen and oxygen atoms in total. The number of halogens is 1. The number of nitrogens with zero attached hydrogens (tertiary/aromatic N) is 2. The lowest BCUT2D eigenvalue weighted by Gasteiger charge is -2.18. The van der Waals surface area contributed by atoms with Gasteiger partial charge in [-0.2, -0.15) is 0 Å². The van der Waals surface area contributed by atoms with E-state index in [2.05, 4.69) is 9.97 Å². The number of rotatable bonds is 5. The number of aliphatic hydroxyl groups is 1. The van der Waals surface area contributed by atoms with E-state index in [-0.39, 0.29) is 29.9 Å². The lowest BCUT2D eigenvalue weighted by molar-refractivity contribution is 0.0526. The number of nitrogens with one attached hydrogen (secondary N) is 2. The van der Waals surface area contributed by atoms with Gasteiger partial charge in [0.2, 0.25) is 0 Å². The molecule has 1 aliphatic heterocycles. The Kier molecular flexibility index (Phi) is 4.75. The Balaban J connectivity index is 1.52. The van der Waals surface area contributed by atoms with Gasteiger partial charge >= 0.3 is 5.97 Å². The van der Waals surface area contributed by atoms with E-state index in [0.717, 1.165) is 5.56 Å². The second kappa shape index (κ2) is 7.38. The first-order valence-corrected chi connectivity index (χ1v) is 9.14. The summed E-state index contributed by atoms with van der Waals surface area (Å²) in [5.74, 6) is -0.293. The van der Waals surface area contributed by atoms with E-state index in [1.807, 2.05) is 0 Å². The first-order valence-electron chi connectivity index (χ1n) is 9.14. The molecule has 0 aliphatic carbocycles. The van der Waals surface area contributed by atoms with Crippen molar-refractivity contribution in [3.8, 4) is 0 Å². The largest absolute Gasteiger partial charge is 0.510 e. The maximum atomic E-state index is 13.4. The number of imidazole rings is 1. The first-order chi connectivity index (χ1) is 14.0. The number of fused-ring (bicyclic) bond motifs is 1. The zero-order valence-electron chi connectivity index (χ0n) is 15.7. The minimum atomic E-state index is -0.389. The molecule has 0 saturated heterocycles. The summed E-state index contributed by atoms with van der Waals surface area (Å²) in [6.45, 7) is 2.61. The van der Waals surface area contributed by atoms with Gasteiger partial charge in [-0.1, -0.05) is 12.1 Å². The Morgan fingerprint density at radius 2 is 2.07 bits per heavy atom. The molecule has 0 atom stereocenters. The number of hydrogen-bond acceptors (Lipinski definition) is 5. The van der Waals surface area contributed by atoms with Crippen molar-refractivity contribution in [3.05, 3.63) is 71.0 Å². The molecule has 148 valence electrons. The van der Waals surface area contributed by atoms with Crippen LogP contribution in [0, 0.1) is 11.2 Å². The first kappa shape index (κ1) is 18.7. The summed E-state index contributed by atoms with van der Waals surface area (Å²) in [6, 6.07) is 11.1. The van der Waals surface area contributed by atoms with Gasteiger partial charge in [-0.25, -0.2) is 14.2 Å². The minimum absolute atomic E-state index is 0.0256. The van der Waals surface area contributed by atoms with Crippen LogP contribution in [0.5, 0.6) is 0 Å². The van der Waals surface area contributed by atoms with Crippen LogP contribution in [0.1, 0.15) is 28.7 Å². The summed E-state index contributed by atoms with van der Waals surface area (Å²) in [5, 5.41) is 18.9. The fourth-order valence-electron chi connectivity index (χ4n) is 3.30. The molecule has 0 radical (unpaired) electrons. The van der Waals surface area contributed by atoms with Crippen LogP contribution in [-0.4, -0.2) is 44.9 Å². The average molecular weight is 394 g/mol. The Hall–Kier alpha value is -3.68. The number of benzene rings is 2. The Morgan fingerprint density at radius 3 is 2.79 bits per heavy atom. The van der Waals surface area contributed by atoms with Gasteiger partial charge < -0.3 is 19.7 Å². The maximum absolute atomic E-state index is 13.4. The van der Waals surface area contributed by atoms with Gasteiger partial charge in [0.25, 0.3) is 0 Å². The molecule has 0 bridgehead atoms. The fraction of sp³-hybridized carbons (Fsp3) is 0.190. The number of carbonyl (C=O) groups excluding carboxylic acids is 1. The third-order valence-corrected chi connectivity index (χ3v) is 4.70. The van der Waals surface area contributed by atoms with Gasteiger partial charge in [-0.15, -0.1) is 0 Å². The van der Waals surface area contributed by atoms with Crippen LogP contribution >= 0.6 is 0 Å². The van der Waals surface area contributed by atoms with Crippen molar-refractivity contribution in [1.82, 2.24) is 14.9 Å². The highest BCUT2D eigenvalue weighted by Gasteiger charge is 2.30.